The fourth-order valence-corrected chi connectivity index (χ4v) is 2.09. The summed E-state index contributed by atoms with van der Waals surface area (Å²) in [4.78, 5) is 24.8. The van der Waals surface area contributed by atoms with E-state index in [9.17, 15) is 9.59 Å². The summed E-state index contributed by atoms with van der Waals surface area (Å²) in [5.41, 5.74) is 0.461. The maximum atomic E-state index is 12.1. The van der Waals surface area contributed by atoms with Crippen molar-refractivity contribution in [3.05, 3.63) is 28.2 Å². The third-order valence-corrected chi connectivity index (χ3v) is 3.33. The number of carbonyl (C=O) groups excluding carboxylic acids is 2. The van der Waals surface area contributed by atoms with Crippen molar-refractivity contribution in [3.63, 3.8) is 0 Å². The molecule has 3 amide bonds. The molecule has 102 valence electrons. The predicted octanol–water partition coefficient (Wildman–Crippen LogP) is 2.35. The average molecular weight is 302 g/mol. The molecule has 0 unspecified atom stereocenters. The van der Waals surface area contributed by atoms with Crippen LogP contribution in [0.1, 0.15) is 6.42 Å². The van der Waals surface area contributed by atoms with E-state index in [1.54, 1.807) is 23.1 Å². The van der Waals surface area contributed by atoms with Crippen molar-refractivity contribution >= 4 is 40.8 Å². The highest BCUT2D eigenvalue weighted by molar-refractivity contribution is 6.35. The number of benzene rings is 1. The van der Waals surface area contributed by atoms with Crippen molar-refractivity contribution in [2.45, 2.75) is 6.42 Å². The summed E-state index contributed by atoms with van der Waals surface area (Å²) >= 11 is 11.8. The molecule has 19 heavy (non-hydrogen) atoms. The van der Waals surface area contributed by atoms with Crippen molar-refractivity contribution in [1.29, 1.82) is 0 Å². The van der Waals surface area contributed by atoms with Gasteiger partial charge in [0, 0.05) is 31.1 Å². The van der Waals surface area contributed by atoms with E-state index >= 15 is 0 Å². The Hall–Kier alpha value is -1.46. The minimum Gasteiger partial charge on any atom is -0.354 e. The van der Waals surface area contributed by atoms with E-state index in [1.807, 2.05) is 0 Å². The van der Waals surface area contributed by atoms with Crippen LogP contribution in [0.5, 0.6) is 0 Å². The van der Waals surface area contributed by atoms with Gasteiger partial charge in [-0.25, -0.2) is 4.79 Å². The van der Waals surface area contributed by atoms with Gasteiger partial charge in [-0.1, -0.05) is 23.2 Å². The molecule has 1 aromatic carbocycles. The van der Waals surface area contributed by atoms with E-state index < -0.39 is 0 Å². The summed E-state index contributed by atoms with van der Waals surface area (Å²) in [7, 11) is 0. The zero-order valence-electron chi connectivity index (χ0n) is 10.1. The SMILES string of the molecule is O=C1CCN(C(=O)Nc2cc(Cl)ccc2Cl)CCN1. The molecule has 1 saturated heterocycles. The maximum Gasteiger partial charge on any atom is 0.321 e. The molecular formula is C12H13Cl2N3O2. The minimum absolute atomic E-state index is 0.0453. The van der Waals surface area contributed by atoms with Crippen LogP contribution in [0.3, 0.4) is 0 Å². The quantitative estimate of drug-likeness (QED) is 0.836. The van der Waals surface area contributed by atoms with Gasteiger partial charge >= 0.3 is 6.03 Å². The topological polar surface area (TPSA) is 61.4 Å². The van der Waals surface area contributed by atoms with Crippen LogP contribution in [0.2, 0.25) is 10.0 Å². The summed E-state index contributed by atoms with van der Waals surface area (Å²) < 4.78 is 0. The molecule has 0 saturated carbocycles. The predicted molar refractivity (Wildman–Crippen MR) is 74.7 cm³/mol. The van der Waals surface area contributed by atoms with E-state index in [0.717, 1.165) is 0 Å². The number of halogens is 2. The Kier molecular flexibility index (Phi) is 4.50. The Balaban J connectivity index is 2.04. The van der Waals surface area contributed by atoms with E-state index in [4.69, 9.17) is 23.2 Å². The first-order valence-electron chi connectivity index (χ1n) is 5.84. The van der Waals surface area contributed by atoms with Gasteiger partial charge in [-0.05, 0) is 18.2 Å². The second-order valence-corrected chi connectivity index (χ2v) is 4.98. The van der Waals surface area contributed by atoms with Crippen LogP contribution in [-0.4, -0.2) is 36.5 Å². The van der Waals surface area contributed by atoms with Crippen molar-refractivity contribution < 1.29 is 9.59 Å². The summed E-state index contributed by atoms with van der Waals surface area (Å²) in [6.07, 6.45) is 0.302. The molecule has 0 aliphatic carbocycles. The van der Waals surface area contributed by atoms with Crippen LogP contribution in [0.15, 0.2) is 18.2 Å². The molecule has 1 aliphatic heterocycles. The van der Waals surface area contributed by atoms with Crippen LogP contribution < -0.4 is 10.6 Å². The van der Waals surface area contributed by atoms with Gasteiger partial charge in [0.2, 0.25) is 5.91 Å². The van der Waals surface area contributed by atoms with Gasteiger partial charge in [-0.2, -0.15) is 0 Å². The average Bonchev–Trinajstić information content (AvgIpc) is 2.59. The van der Waals surface area contributed by atoms with Crippen molar-refractivity contribution in [2.24, 2.45) is 0 Å². The Morgan fingerprint density at radius 3 is 2.89 bits per heavy atom. The number of amides is 3. The van der Waals surface area contributed by atoms with Crippen LogP contribution >= 0.6 is 23.2 Å². The smallest absolute Gasteiger partial charge is 0.321 e. The lowest BCUT2D eigenvalue weighted by Crippen LogP contribution is -2.37. The molecule has 1 heterocycles. The molecule has 1 fully saturated rings. The zero-order chi connectivity index (χ0) is 13.8. The monoisotopic (exact) mass is 301 g/mol. The molecule has 7 heteroatoms. The molecule has 0 spiro atoms. The Labute approximate surface area is 120 Å². The lowest BCUT2D eigenvalue weighted by molar-refractivity contribution is -0.120. The van der Waals surface area contributed by atoms with Crippen LogP contribution in [0.25, 0.3) is 0 Å². The number of hydrogen-bond donors (Lipinski definition) is 2. The molecule has 0 bridgehead atoms. The first-order valence-corrected chi connectivity index (χ1v) is 6.59. The number of carbonyl (C=O) groups is 2. The van der Waals surface area contributed by atoms with Gasteiger partial charge in [-0.15, -0.1) is 0 Å². The fraction of sp³-hybridized carbons (Fsp3) is 0.333. The van der Waals surface area contributed by atoms with Crippen molar-refractivity contribution in [1.82, 2.24) is 10.2 Å². The second kappa shape index (κ2) is 6.12. The number of anilines is 1. The van der Waals surface area contributed by atoms with Crippen LogP contribution in [0.4, 0.5) is 10.5 Å². The van der Waals surface area contributed by atoms with E-state index in [1.165, 1.54) is 0 Å². The molecule has 2 N–H and O–H groups in total. The lowest BCUT2D eigenvalue weighted by Gasteiger charge is -2.20. The van der Waals surface area contributed by atoms with Crippen LogP contribution in [-0.2, 0) is 4.79 Å². The number of nitrogens with zero attached hydrogens (tertiary/aromatic N) is 1. The highest BCUT2D eigenvalue weighted by Gasteiger charge is 2.19. The molecular weight excluding hydrogens is 289 g/mol. The van der Waals surface area contributed by atoms with Crippen molar-refractivity contribution in [2.75, 3.05) is 25.0 Å². The Morgan fingerprint density at radius 1 is 1.32 bits per heavy atom. The zero-order valence-corrected chi connectivity index (χ0v) is 11.6. The van der Waals surface area contributed by atoms with E-state index in [0.29, 0.717) is 41.8 Å². The van der Waals surface area contributed by atoms with Gasteiger partial charge < -0.3 is 15.5 Å². The highest BCUT2D eigenvalue weighted by atomic mass is 35.5. The Bertz CT molecular complexity index is 508. The summed E-state index contributed by atoms with van der Waals surface area (Å²) in [6, 6.07) is 4.56. The molecule has 1 aliphatic rings. The van der Waals surface area contributed by atoms with Gasteiger partial charge in [-0.3, -0.25) is 4.79 Å². The number of hydrogen-bond acceptors (Lipinski definition) is 2. The number of rotatable bonds is 1. The summed E-state index contributed by atoms with van der Waals surface area (Å²) in [6.45, 7) is 1.31. The van der Waals surface area contributed by atoms with Crippen molar-refractivity contribution in [3.8, 4) is 0 Å². The molecule has 0 radical (unpaired) electrons. The first-order chi connectivity index (χ1) is 9.06. The van der Waals surface area contributed by atoms with Gasteiger partial charge in [0.25, 0.3) is 0 Å². The molecule has 0 atom stereocenters. The molecule has 5 nitrogen and oxygen atoms in total. The summed E-state index contributed by atoms with van der Waals surface area (Å²) in [5.74, 6) is -0.0453. The number of urea groups is 1. The number of nitrogens with one attached hydrogen (secondary N) is 2. The first kappa shape index (κ1) is 14.0. The van der Waals surface area contributed by atoms with Gasteiger partial charge in [0.15, 0.2) is 0 Å². The van der Waals surface area contributed by atoms with E-state index in [2.05, 4.69) is 10.6 Å². The minimum atomic E-state index is -0.291. The Morgan fingerprint density at radius 2 is 2.11 bits per heavy atom. The standard InChI is InChI=1S/C12H13Cl2N3O2/c13-8-1-2-9(14)10(7-8)16-12(19)17-5-3-11(18)15-4-6-17/h1-2,7H,3-6H2,(H,15,18)(H,16,19). The van der Waals surface area contributed by atoms with E-state index in [-0.39, 0.29) is 11.9 Å². The summed E-state index contributed by atoms with van der Waals surface area (Å²) in [5, 5.41) is 6.31. The second-order valence-electron chi connectivity index (χ2n) is 4.14. The molecule has 1 aromatic rings. The normalized spacial score (nSPS) is 15.7. The molecule has 0 aromatic heterocycles. The highest BCUT2D eigenvalue weighted by Crippen LogP contribution is 2.25. The van der Waals surface area contributed by atoms with Gasteiger partial charge in [0.1, 0.15) is 0 Å². The largest absolute Gasteiger partial charge is 0.354 e. The maximum absolute atomic E-state index is 12.1. The van der Waals surface area contributed by atoms with Gasteiger partial charge in [0.05, 0.1) is 10.7 Å². The lowest BCUT2D eigenvalue weighted by atomic mass is 10.3. The molecule has 2 rings (SSSR count). The van der Waals surface area contributed by atoms with Crippen LogP contribution in [0, 0.1) is 0 Å². The fourth-order valence-electron chi connectivity index (χ4n) is 1.76. The third-order valence-electron chi connectivity index (χ3n) is 2.77. The third kappa shape index (κ3) is 3.75.